The molecule has 3 aromatic rings. The summed E-state index contributed by atoms with van der Waals surface area (Å²) in [5.74, 6) is 0.0375. The van der Waals surface area contributed by atoms with Gasteiger partial charge in [0.1, 0.15) is 11.7 Å². The number of carboxylic acids is 1. The van der Waals surface area contributed by atoms with Crippen molar-refractivity contribution in [2.75, 3.05) is 5.32 Å². The van der Waals surface area contributed by atoms with Gasteiger partial charge in [0.05, 0.1) is 18.0 Å². The summed E-state index contributed by atoms with van der Waals surface area (Å²) in [5, 5.41) is 26.9. The molecule has 0 saturated heterocycles. The lowest BCUT2D eigenvalue weighted by Crippen LogP contribution is -2.21. The average Bonchev–Trinajstić information content (AvgIpc) is 3.30. The number of carbonyl (C=O) groups is 1. The number of hydrogen-bond acceptors (Lipinski definition) is 6. The van der Waals surface area contributed by atoms with Gasteiger partial charge in [-0.25, -0.2) is 9.78 Å². The maximum absolute atomic E-state index is 11.1. The highest BCUT2D eigenvalue weighted by molar-refractivity contribution is 5.76. The monoisotopic (exact) mass is 384 g/mol. The topological polar surface area (TPSA) is 118 Å². The first-order valence-electron chi connectivity index (χ1n) is 9.53. The molecule has 3 N–H and O–H groups in total. The maximum atomic E-state index is 11.1. The summed E-state index contributed by atoms with van der Waals surface area (Å²) in [6.07, 6.45) is 10.6. The fourth-order valence-corrected chi connectivity index (χ4v) is 3.64. The van der Waals surface area contributed by atoms with Crippen LogP contribution in [0.2, 0.25) is 0 Å². The van der Waals surface area contributed by atoms with Crippen LogP contribution in [-0.2, 0) is 11.3 Å². The third kappa shape index (κ3) is 3.84. The van der Waals surface area contributed by atoms with Crippen LogP contribution >= 0.6 is 0 Å². The van der Waals surface area contributed by atoms with E-state index in [0.29, 0.717) is 17.6 Å². The number of hydrogen-bond donors (Lipinski definition) is 3. The van der Waals surface area contributed by atoms with E-state index in [1.54, 1.807) is 25.5 Å². The van der Waals surface area contributed by atoms with Crippen molar-refractivity contribution in [3.05, 3.63) is 30.9 Å². The molecule has 9 nitrogen and oxygen atoms in total. The number of fused-ring (bicyclic) bond motifs is 1. The molecule has 0 spiro atoms. The van der Waals surface area contributed by atoms with Gasteiger partial charge in [-0.2, -0.15) is 10.1 Å². The minimum atomic E-state index is -0.944. The Morgan fingerprint density at radius 1 is 1.32 bits per heavy atom. The molecule has 28 heavy (non-hydrogen) atoms. The van der Waals surface area contributed by atoms with Gasteiger partial charge in [-0.1, -0.05) is 0 Å². The van der Waals surface area contributed by atoms with Crippen LogP contribution < -0.4 is 5.32 Å². The first-order chi connectivity index (χ1) is 13.5. The molecule has 0 aliphatic heterocycles. The van der Waals surface area contributed by atoms with Crippen molar-refractivity contribution in [3.63, 3.8) is 0 Å². The lowest BCUT2D eigenvalue weighted by atomic mass is 9.87. The SMILES string of the molecule is CC(C(=O)O)n1cc(Nc2ncc3ccn(C[C@H]4CC[C@H](O)CC4)c3n2)cn1. The number of anilines is 2. The van der Waals surface area contributed by atoms with Gasteiger partial charge in [-0.3, -0.25) is 4.68 Å². The molecular weight excluding hydrogens is 360 g/mol. The van der Waals surface area contributed by atoms with Crippen molar-refractivity contribution in [2.24, 2.45) is 5.92 Å². The number of carboxylic acid groups (broad SMARTS) is 1. The second kappa shape index (κ2) is 7.59. The Hall–Kier alpha value is -2.94. The van der Waals surface area contributed by atoms with E-state index < -0.39 is 12.0 Å². The summed E-state index contributed by atoms with van der Waals surface area (Å²) in [7, 11) is 0. The Morgan fingerprint density at radius 3 is 2.86 bits per heavy atom. The number of rotatable bonds is 6. The van der Waals surface area contributed by atoms with Gasteiger partial charge in [0.2, 0.25) is 5.95 Å². The minimum Gasteiger partial charge on any atom is -0.480 e. The van der Waals surface area contributed by atoms with Crippen LogP contribution in [0.25, 0.3) is 11.0 Å². The Kier molecular flexibility index (Phi) is 4.99. The molecule has 0 radical (unpaired) electrons. The third-order valence-corrected chi connectivity index (χ3v) is 5.39. The van der Waals surface area contributed by atoms with Gasteiger partial charge in [-0.15, -0.1) is 0 Å². The van der Waals surface area contributed by atoms with Crippen molar-refractivity contribution >= 4 is 28.6 Å². The quantitative estimate of drug-likeness (QED) is 0.598. The largest absolute Gasteiger partial charge is 0.480 e. The van der Waals surface area contributed by atoms with Crippen molar-refractivity contribution in [2.45, 2.75) is 51.3 Å². The number of nitrogens with zero attached hydrogens (tertiary/aromatic N) is 5. The molecule has 3 heterocycles. The molecule has 1 aliphatic rings. The summed E-state index contributed by atoms with van der Waals surface area (Å²) < 4.78 is 3.52. The highest BCUT2D eigenvalue weighted by atomic mass is 16.4. The normalized spacial score (nSPS) is 20.9. The van der Waals surface area contributed by atoms with Gasteiger partial charge < -0.3 is 20.1 Å². The van der Waals surface area contributed by atoms with Crippen molar-refractivity contribution < 1.29 is 15.0 Å². The van der Waals surface area contributed by atoms with E-state index in [2.05, 4.69) is 25.0 Å². The molecule has 148 valence electrons. The predicted octanol–water partition coefficient (Wildman–Crippen LogP) is 2.57. The van der Waals surface area contributed by atoms with E-state index in [1.165, 1.54) is 4.68 Å². The molecule has 1 fully saturated rings. The van der Waals surface area contributed by atoms with Crippen LogP contribution in [0.15, 0.2) is 30.9 Å². The zero-order chi connectivity index (χ0) is 19.7. The van der Waals surface area contributed by atoms with Crippen molar-refractivity contribution in [1.82, 2.24) is 24.3 Å². The summed E-state index contributed by atoms with van der Waals surface area (Å²) >= 11 is 0. The van der Waals surface area contributed by atoms with Gasteiger partial charge in [0, 0.05) is 30.5 Å². The van der Waals surface area contributed by atoms with Gasteiger partial charge in [0.15, 0.2) is 0 Å². The molecular formula is C19H24N6O3. The van der Waals surface area contributed by atoms with Crippen molar-refractivity contribution in [1.29, 1.82) is 0 Å². The fourth-order valence-electron chi connectivity index (χ4n) is 3.64. The molecule has 1 saturated carbocycles. The summed E-state index contributed by atoms with van der Waals surface area (Å²) in [5.41, 5.74) is 1.49. The van der Waals surface area contributed by atoms with Crippen LogP contribution in [-0.4, -0.2) is 46.6 Å². The Bertz CT molecular complexity index is 973. The van der Waals surface area contributed by atoms with Gasteiger partial charge in [-0.05, 0) is 44.6 Å². The first-order valence-corrected chi connectivity index (χ1v) is 9.53. The zero-order valence-electron chi connectivity index (χ0n) is 15.7. The van der Waals surface area contributed by atoms with E-state index in [-0.39, 0.29) is 6.10 Å². The molecule has 3 aromatic heterocycles. The summed E-state index contributed by atoms with van der Waals surface area (Å²) in [4.78, 5) is 20.1. The third-order valence-electron chi connectivity index (χ3n) is 5.39. The van der Waals surface area contributed by atoms with Crippen LogP contribution in [0, 0.1) is 5.92 Å². The molecule has 9 heteroatoms. The maximum Gasteiger partial charge on any atom is 0.328 e. The highest BCUT2D eigenvalue weighted by Gasteiger charge is 2.20. The van der Waals surface area contributed by atoms with E-state index in [4.69, 9.17) is 5.11 Å². The highest BCUT2D eigenvalue weighted by Crippen LogP contribution is 2.27. The fraction of sp³-hybridized carbons (Fsp3) is 0.474. The Labute approximate surface area is 162 Å². The molecule has 0 amide bonds. The summed E-state index contributed by atoms with van der Waals surface area (Å²) in [6, 6.07) is 1.26. The van der Waals surface area contributed by atoms with Crippen LogP contribution in [0.5, 0.6) is 0 Å². The minimum absolute atomic E-state index is 0.152. The van der Waals surface area contributed by atoms with E-state index in [1.807, 2.05) is 12.3 Å². The second-order valence-corrected chi connectivity index (χ2v) is 7.46. The van der Waals surface area contributed by atoms with E-state index >= 15 is 0 Å². The van der Waals surface area contributed by atoms with E-state index in [0.717, 1.165) is 43.3 Å². The lowest BCUT2D eigenvalue weighted by molar-refractivity contribution is -0.140. The average molecular weight is 384 g/mol. The second-order valence-electron chi connectivity index (χ2n) is 7.46. The smallest absolute Gasteiger partial charge is 0.328 e. The molecule has 0 bridgehead atoms. The number of aliphatic hydroxyl groups excluding tert-OH is 1. The Morgan fingerprint density at radius 2 is 2.11 bits per heavy atom. The first kappa shape index (κ1) is 18.4. The van der Waals surface area contributed by atoms with Crippen LogP contribution in [0.4, 0.5) is 11.6 Å². The number of aliphatic carboxylic acids is 1. The molecule has 1 aliphatic carbocycles. The van der Waals surface area contributed by atoms with Gasteiger partial charge >= 0.3 is 5.97 Å². The number of aromatic nitrogens is 5. The van der Waals surface area contributed by atoms with Crippen LogP contribution in [0.3, 0.4) is 0 Å². The number of aliphatic hydroxyl groups is 1. The summed E-state index contributed by atoms with van der Waals surface area (Å²) in [6.45, 7) is 2.44. The molecule has 1 atom stereocenters. The van der Waals surface area contributed by atoms with Gasteiger partial charge in [0.25, 0.3) is 0 Å². The lowest BCUT2D eigenvalue weighted by Gasteiger charge is -2.25. The van der Waals surface area contributed by atoms with Crippen LogP contribution in [0.1, 0.15) is 38.6 Å². The predicted molar refractivity (Wildman–Crippen MR) is 103 cm³/mol. The number of nitrogens with one attached hydrogen (secondary N) is 1. The standard InChI is InChI=1S/C19H24N6O3/c1-12(18(27)28)25-11-15(9-21-25)22-19-20-8-14-6-7-24(17(14)23-19)10-13-2-4-16(26)5-3-13/h6-9,11-13,16,26H,2-5,10H2,1H3,(H,27,28)(H,20,22,23)/t12?,13-,16-. The van der Waals surface area contributed by atoms with Crippen molar-refractivity contribution in [3.8, 4) is 0 Å². The molecule has 1 unspecified atom stereocenters. The van der Waals surface area contributed by atoms with E-state index in [9.17, 15) is 9.90 Å². The zero-order valence-corrected chi connectivity index (χ0v) is 15.7. The molecule has 4 rings (SSSR count). The molecule has 0 aromatic carbocycles. The Balaban J connectivity index is 1.50.